The summed E-state index contributed by atoms with van der Waals surface area (Å²) in [5, 5.41) is 2.52. The molecular weight excluding hydrogens is 204 g/mol. The van der Waals surface area contributed by atoms with Crippen LogP contribution in [0.5, 0.6) is 0 Å². The van der Waals surface area contributed by atoms with Crippen molar-refractivity contribution in [1.29, 1.82) is 0 Å². The molecule has 0 spiro atoms. The van der Waals surface area contributed by atoms with Crippen molar-refractivity contribution in [2.75, 3.05) is 18.5 Å². The van der Waals surface area contributed by atoms with Crippen molar-refractivity contribution >= 4 is 17.5 Å². The molecule has 2 amide bonds. The van der Waals surface area contributed by atoms with Crippen LogP contribution in [0, 0.1) is 5.92 Å². The molecule has 0 radical (unpaired) electrons. The van der Waals surface area contributed by atoms with E-state index in [0.717, 1.165) is 5.69 Å². The third kappa shape index (κ3) is 1.78. The van der Waals surface area contributed by atoms with Gasteiger partial charge in [-0.2, -0.15) is 0 Å². The van der Waals surface area contributed by atoms with E-state index in [-0.39, 0.29) is 11.8 Å². The van der Waals surface area contributed by atoms with Gasteiger partial charge in [0.25, 0.3) is 0 Å². The van der Waals surface area contributed by atoms with Gasteiger partial charge in [0.05, 0.1) is 0 Å². The molecule has 1 unspecified atom stereocenters. The van der Waals surface area contributed by atoms with Crippen LogP contribution in [0.25, 0.3) is 0 Å². The molecular formula is C12H14N2O2. The first kappa shape index (κ1) is 10.7. The van der Waals surface area contributed by atoms with Crippen LogP contribution in [-0.2, 0) is 9.59 Å². The van der Waals surface area contributed by atoms with Crippen molar-refractivity contribution in [3.8, 4) is 0 Å². The molecule has 16 heavy (non-hydrogen) atoms. The number of nitrogens with one attached hydrogen (secondary N) is 1. The number of nitrogens with zero attached hydrogens (tertiary/aromatic N) is 1. The Balaban J connectivity index is 2.17. The molecule has 1 aromatic rings. The zero-order valence-electron chi connectivity index (χ0n) is 9.14. The average Bonchev–Trinajstić information content (AvgIpc) is 2.71. The predicted octanol–water partition coefficient (Wildman–Crippen LogP) is 0.785. The third-order valence-corrected chi connectivity index (χ3v) is 2.84. The molecule has 0 aromatic heterocycles. The monoisotopic (exact) mass is 218 g/mol. The number of benzene rings is 1. The van der Waals surface area contributed by atoms with Gasteiger partial charge < -0.3 is 10.2 Å². The molecule has 1 aromatic carbocycles. The lowest BCUT2D eigenvalue weighted by molar-refractivity contribution is -0.131. The second-order valence-electron chi connectivity index (χ2n) is 3.78. The summed E-state index contributed by atoms with van der Waals surface area (Å²) < 4.78 is 0. The molecule has 84 valence electrons. The molecule has 0 bridgehead atoms. The van der Waals surface area contributed by atoms with E-state index in [1.54, 1.807) is 11.9 Å². The summed E-state index contributed by atoms with van der Waals surface area (Å²) in [7, 11) is 1.56. The second-order valence-corrected chi connectivity index (χ2v) is 3.78. The van der Waals surface area contributed by atoms with E-state index in [9.17, 15) is 9.59 Å². The number of hydrogen-bond acceptors (Lipinski definition) is 2. The zero-order chi connectivity index (χ0) is 11.5. The van der Waals surface area contributed by atoms with Gasteiger partial charge in [0.15, 0.2) is 0 Å². The first-order chi connectivity index (χ1) is 7.74. The van der Waals surface area contributed by atoms with Crippen molar-refractivity contribution in [2.45, 2.75) is 6.42 Å². The van der Waals surface area contributed by atoms with Crippen LogP contribution in [0.3, 0.4) is 0 Å². The number of carbonyl (C=O) groups is 2. The lowest BCUT2D eigenvalue weighted by Gasteiger charge is -2.16. The van der Waals surface area contributed by atoms with Gasteiger partial charge in [0.1, 0.15) is 5.92 Å². The van der Waals surface area contributed by atoms with E-state index in [4.69, 9.17) is 0 Å². The highest BCUT2D eigenvalue weighted by atomic mass is 16.2. The Morgan fingerprint density at radius 2 is 2.06 bits per heavy atom. The Morgan fingerprint density at radius 1 is 1.38 bits per heavy atom. The minimum Gasteiger partial charge on any atom is -0.358 e. The molecule has 0 aliphatic carbocycles. The number of para-hydroxylation sites is 1. The van der Waals surface area contributed by atoms with Gasteiger partial charge in [-0.15, -0.1) is 0 Å². The van der Waals surface area contributed by atoms with Gasteiger partial charge >= 0.3 is 0 Å². The third-order valence-electron chi connectivity index (χ3n) is 2.84. The molecule has 1 fully saturated rings. The standard InChI is InChI=1S/C12H14N2O2/c1-13-11(15)10-7-8-14(12(10)16)9-5-3-2-4-6-9/h2-6,10H,7-8H2,1H3,(H,13,15). The maximum Gasteiger partial charge on any atom is 0.239 e. The van der Waals surface area contributed by atoms with E-state index < -0.39 is 5.92 Å². The summed E-state index contributed by atoms with van der Waals surface area (Å²) >= 11 is 0. The molecule has 1 aliphatic heterocycles. The Hall–Kier alpha value is -1.84. The van der Waals surface area contributed by atoms with Gasteiger partial charge in [-0.3, -0.25) is 9.59 Å². The van der Waals surface area contributed by atoms with E-state index in [1.165, 1.54) is 0 Å². The molecule has 1 atom stereocenters. The SMILES string of the molecule is CNC(=O)C1CCN(c2ccccc2)C1=O. The topological polar surface area (TPSA) is 49.4 Å². The highest BCUT2D eigenvalue weighted by Gasteiger charge is 2.36. The van der Waals surface area contributed by atoms with Crippen molar-refractivity contribution in [3.63, 3.8) is 0 Å². The first-order valence-electron chi connectivity index (χ1n) is 5.32. The minimum atomic E-state index is -0.523. The lowest BCUT2D eigenvalue weighted by atomic mass is 10.1. The smallest absolute Gasteiger partial charge is 0.239 e. The normalized spacial score (nSPS) is 19.9. The van der Waals surface area contributed by atoms with E-state index >= 15 is 0 Å². The molecule has 0 saturated carbocycles. The zero-order valence-corrected chi connectivity index (χ0v) is 9.14. The maximum absolute atomic E-state index is 12.0. The van der Waals surface area contributed by atoms with Crippen LogP contribution in [0.4, 0.5) is 5.69 Å². The van der Waals surface area contributed by atoms with Crippen molar-refractivity contribution in [3.05, 3.63) is 30.3 Å². The van der Waals surface area contributed by atoms with E-state index in [1.807, 2.05) is 30.3 Å². The number of carbonyl (C=O) groups excluding carboxylic acids is 2. The van der Waals surface area contributed by atoms with E-state index in [0.29, 0.717) is 13.0 Å². The summed E-state index contributed by atoms with van der Waals surface area (Å²) in [5.41, 5.74) is 0.860. The fourth-order valence-electron chi connectivity index (χ4n) is 1.96. The summed E-state index contributed by atoms with van der Waals surface area (Å²) in [6.45, 7) is 0.612. The summed E-state index contributed by atoms with van der Waals surface area (Å²) in [6, 6.07) is 9.43. The largest absolute Gasteiger partial charge is 0.358 e. The molecule has 1 saturated heterocycles. The van der Waals surface area contributed by atoms with Crippen molar-refractivity contribution in [2.24, 2.45) is 5.92 Å². The number of hydrogen-bond donors (Lipinski definition) is 1. The minimum absolute atomic E-state index is 0.106. The Bertz CT molecular complexity index is 403. The highest BCUT2D eigenvalue weighted by molar-refractivity contribution is 6.09. The molecule has 1 aliphatic rings. The fourth-order valence-corrected chi connectivity index (χ4v) is 1.96. The number of rotatable bonds is 2. The second kappa shape index (κ2) is 4.35. The average molecular weight is 218 g/mol. The number of amides is 2. The summed E-state index contributed by atoms with van der Waals surface area (Å²) in [6.07, 6.45) is 0.591. The van der Waals surface area contributed by atoms with Gasteiger partial charge in [0.2, 0.25) is 11.8 Å². The van der Waals surface area contributed by atoms with Crippen molar-refractivity contribution < 1.29 is 9.59 Å². The summed E-state index contributed by atoms with van der Waals surface area (Å²) in [5.74, 6) is -0.820. The lowest BCUT2D eigenvalue weighted by Crippen LogP contribution is -2.35. The predicted molar refractivity (Wildman–Crippen MR) is 61.0 cm³/mol. The highest BCUT2D eigenvalue weighted by Crippen LogP contribution is 2.24. The van der Waals surface area contributed by atoms with Crippen LogP contribution in [-0.4, -0.2) is 25.4 Å². The van der Waals surface area contributed by atoms with Crippen LogP contribution >= 0.6 is 0 Å². The molecule has 1 heterocycles. The van der Waals surface area contributed by atoms with Crippen LogP contribution in [0.1, 0.15) is 6.42 Å². The van der Waals surface area contributed by atoms with Crippen molar-refractivity contribution in [1.82, 2.24) is 5.32 Å². The molecule has 2 rings (SSSR count). The fraction of sp³-hybridized carbons (Fsp3) is 0.333. The maximum atomic E-state index is 12.0. The molecule has 1 N–H and O–H groups in total. The first-order valence-corrected chi connectivity index (χ1v) is 5.32. The van der Waals surface area contributed by atoms with Gasteiger partial charge in [0, 0.05) is 19.3 Å². The molecule has 4 nitrogen and oxygen atoms in total. The Kier molecular flexibility index (Phi) is 2.90. The molecule has 4 heteroatoms. The number of anilines is 1. The van der Waals surface area contributed by atoms with Crippen LogP contribution < -0.4 is 10.2 Å². The van der Waals surface area contributed by atoms with Crippen LogP contribution in [0.2, 0.25) is 0 Å². The quantitative estimate of drug-likeness (QED) is 0.746. The van der Waals surface area contributed by atoms with E-state index in [2.05, 4.69) is 5.32 Å². The Labute approximate surface area is 94.2 Å². The van der Waals surface area contributed by atoms with Gasteiger partial charge in [-0.1, -0.05) is 18.2 Å². The summed E-state index contributed by atoms with van der Waals surface area (Å²) in [4.78, 5) is 25.1. The van der Waals surface area contributed by atoms with Gasteiger partial charge in [-0.25, -0.2) is 0 Å². The van der Waals surface area contributed by atoms with Crippen LogP contribution in [0.15, 0.2) is 30.3 Å². The Morgan fingerprint density at radius 3 is 2.69 bits per heavy atom. The van der Waals surface area contributed by atoms with Gasteiger partial charge in [-0.05, 0) is 18.6 Å².